The molecule has 0 aliphatic rings. The minimum atomic E-state index is -0.161. The van der Waals surface area contributed by atoms with Crippen LogP contribution < -0.4 is 5.32 Å². The summed E-state index contributed by atoms with van der Waals surface area (Å²) in [6, 6.07) is 17.9. The van der Waals surface area contributed by atoms with Crippen molar-refractivity contribution in [1.82, 2.24) is 20.3 Å². The Balaban J connectivity index is 1.52. The predicted octanol–water partition coefficient (Wildman–Crippen LogP) is 4.32. The lowest BCUT2D eigenvalue weighted by atomic mass is 10.1. The Labute approximate surface area is 167 Å². The number of aromatic nitrogens is 3. The van der Waals surface area contributed by atoms with E-state index >= 15 is 0 Å². The number of nitrogens with one attached hydrogen (secondary N) is 2. The highest BCUT2D eigenvalue weighted by Crippen LogP contribution is 2.23. The van der Waals surface area contributed by atoms with Crippen LogP contribution in [0.1, 0.15) is 15.9 Å². The van der Waals surface area contributed by atoms with Crippen LogP contribution >= 0.6 is 11.8 Å². The summed E-state index contributed by atoms with van der Waals surface area (Å²) >= 11 is 1.46. The number of benzene rings is 2. The molecule has 0 aliphatic carbocycles. The quantitative estimate of drug-likeness (QED) is 0.381. The first-order valence-corrected chi connectivity index (χ1v) is 10.3. The first-order chi connectivity index (χ1) is 13.8. The molecule has 2 aromatic carbocycles. The van der Waals surface area contributed by atoms with Crippen LogP contribution in [0.5, 0.6) is 0 Å². The molecule has 2 aromatic heterocycles. The molecular weight excluding hydrogens is 368 g/mol. The van der Waals surface area contributed by atoms with Crippen LogP contribution in [0.4, 0.5) is 0 Å². The average Bonchev–Trinajstić information content (AvgIpc) is 3.17. The van der Waals surface area contributed by atoms with Gasteiger partial charge < -0.3 is 10.3 Å². The Morgan fingerprint density at radius 3 is 2.71 bits per heavy atom. The second-order valence-corrected chi connectivity index (χ2v) is 7.12. The molecule has 2 heterocycles. The fraction of sp³-hybridized carbons (Fsp3) is 0.136. The molecule has 140 valence electrons. The lowest BCUT2D eigenvalue weighted by Crippen LogP contribution is -2.26. The zero-order valence-electron chi connectivity index (χ0n) is 15.5. The highest BCUT2D eigenvalue weighted by molar-refractivity contribution is 7.98. The number of rotatable bonds is 6. The Hall–Kier alpha value is -3.12. The summed E-state index contributed by atoms with van der Waals surface area (Å²) in [6.07, 6.45) is 6.29. The molecule has 0 spiro atoms. The lowest BCUT2D eigenvalue weighted by molar-refractivity contribution is 0.0954. The summed E-state index contributed by atoms with van der Waals surface area (Å²) in [5.41, 5.74) is 4.35. The Morgan fingerprint density at radius 1 is 1.11 bits per heavy atom. The number of nitrogens with zero attached hydrogens (tertiary/aromatic N) is 2. The number of carbonyl (C=O) groups is 1. The molecule has 4 rings (SSSR count). The molecule has 0 radical (unpaired) electrons. The topological polar surface area (TPSA) is 70.7 Å². The molecule has 0 aliphatic heterocycles. The molecule has 0 fully saturated rings. The van der Waals surface area contributed by atoms with Crippen LogP contribution in [0.2, 0.25) is 0 Å². The molecule has 5 nitrogen and oxygen atoms in total. The van der Waals surface area contributed by atoms with Crippen molar-refractivity contribution in [3.63, 3.8) is 0 Å². The van der Waals surface area contributed by atoms with Crippen LogP contribution in [0, 0.1) is 0 Å². The SMILES string of the molecule is CSc1ncc(C(=O)NCCc2c[nH]c3ccccc23)c(-c2ccccc2)n1. The van der Waals surface area contributed by atoms with E-state index in [4.69, 9.17) is 0 Å². The molecule has 2 N–H and O–H groups in total. The third kappa shape index (κ3) is 3.77. The second kappa shape index (κ2) is 8.27. The zero-order chi connectivity index (χ0) is 19.3. The largest absolute Gasteiger partial charge is 0.361 e. The van der Waals surface area contributed by atoms with Gasteiger partial charge >= 0.3 is 0 Å². The van der Waals surface area contributed by atoms with Crippen molar-refractivity contribution in [1.29, 1.82) is 0 Å². The van der Waals surface area contributed by atoms with Gasteiger partial charge in [0.2, 0.25) is 0 Å². The molecule has 0 bridgehead atoms. The third-order valence-electron chi connectivity index (χ3n) is 4.60. The smallest absolute Gasteiger partial charge is 0.255 e. The number of thioether (sulfide) groups is 1. The first-order valence-electron chi connectivity index (χ1n) is 9.06. The highest BCUT2D eigenvalue weighted by atomic mass is 32.2. The van der Waals surface area contributed by atoms with E-state index in [0.717, 1.165) is 17.5 Å². The Morgan fingerprint density at radius 2 is 1.89 bits per heavy atom. The number of carbonyl (C=O) groups excluding carboxylic acids is 1. The summed E-state index contributed by atoms with van der Waals surface area (Å²) in [7, 11) is 0. The standard InChI is InChI=1S/C22H20N4OS/c1-28-22-25-14-18(20(26-22)15-7-3-2-4-8-15)21(27)23-12-11-16-13-24-19-10-6-5-9-17(16)19/h2-10,13-14,24H,11-12H2,1H3,(H,23,27). The van der Waals surface area contributed by atoms with Gasteiger partial charge in [0, 0.05) is 35.4 Å². The van der Waals surface area contributed by atoms with Crippen molar-refractivity contribution in [2.75, 3.05) is 12.8 Å². The van der Waals surface area contributed by atoms with Gasteiger partial charge in [-0.15, -0.1) is 0 Å². The monoisotopic (exact) mass is 388 g/mol. The van der Waals surface area contributed by atoms with Gasteiger partial charge in [0.25, 0.3) is 5.91 Å². The van der Waals surface area contributed by atoms with Gasteiger partial charge in [-0.25, -0.2) is 9.97 Å². The lowest BCUT2D eigenvalue weighted by Gasteiger charge is -2.10. The van der Waals surface area contributed by atoms with E-state index in [-0.39, 0.29) is 5.91 Å². The summed E-state index contributed by atoms with van der Waals surface area (Å²) < 4.78 is 0. The van der Waals surface area contributed by atoms with E-state index in [1.54, 1.807) is 6.20 Å². The van der Waals surface area contributed by atoms with Gasteiger partial charge in [-0.05, 0) is 24.3 Å². The number of hydrogen-bond acceptors (Lipinski definition) is 4. The van der Waals surface area contributed by atoms with Crippen molar-refractivity contribution >= 4 is 28.6 Å². The zero-order valence-corrected chi connectivity index (χ0v) is 16.3. The van der Waals surface area contributed by atoms with Gasteiger partial charge in [0.15, 0.2) is 5.16 Å². The predicted molar refractivity (Wildman–Crippen MR) is 114 cm³/mol. The molecule has 0 saturated carbocycles. The molecule has 6 heteroatoms. The van der Waals surface area contributed by atoms with E-state index in [2.05, 4.69) is 26.3 Å². The second-order valence-electron chi connectivity index (χ2n) is 6.35. The number of para-hydroxylation sites is 1. The maximum Gasteiger partial charge on any atom is 0.255 e. The van der Waals surface area contributed by atoms with Gasteiger partial charge in [-0.2, -0.15) is 0 Å². The Bertz CT molecular complexity index is 1110. The average molecular weight is 388 g/mol. The van der Waals surface area contributed by atoms with Gasteiger partial charge in [0.1, 0.15) is 0 Å². The maximum atomic E-state index is 12.8. The van der Waals surface area contributed by atoms with Crippen molar-refractivity contribution in [2.45, 2.75) is 11.6 Å². The molecular formula is C22H20N4OS. The van der Waals surface area contributed by atoms with Crippen LogP contribution in [-0.4, -0.2) is 33.7 Å². The summed E-state index contributed by atoms with van der Waals surface area (Å²) in [5, 5.41) is 4.85. The summed E-state index contributed by atoms with van der Waals surface area (Å²) in [4.78, 5) is 24.9. The number of amides is 1. The highest BCUT2D eigenvalue weighted by Gasteiger charge is 2.16. The minimum absolute atomic E-state index is 0.161. The van der Waals surface area contributed by atoms with Crippen LogP contribution in [-0.2, 0) is 6.42 Å². The van der Waals surface area contributed by atoms with Crippen LogP contribution in [0.25, 0.3) is 22.2 Å². The van der Waals surface area contributed by atoms with Crippen molar-refractivity contribution in [3.8, 4) is 11.3 Å². The van der Waals surface area contributed by atoms with Crippen molar-refractivity contribution < 1.29 is 4.79 Å². The number of aromatic amines is 1. The molecule has 0 atom stereocenters. The molecule has 0 saturated heterocycles. The summed E-state index contributed by atoms with van der Waals surface area (Å²) in [5.74, 6) is -0.161. The van der Waals surface area contributed by atoms with Gasteiger partial charge in [-0.1, -0.05) is 60.3 Å². The van der Waals surface area contributed by atoms with Crippen LogP contribution in [0.15, 0.2) is 72.1 Å². The number of fused-ring (bicyclic) bond motifs is 1. The normalized spacial score (nSPS) is 10.9. The van der Waals surface area contributed by atoms with Gasteiger partial charge in [0.05, 0.1) is 11.3 Å². The van der Waals surface area contributed by atoms with E-state index in [0.29, 0.717) is 23.0 Å². The molecule has 1 amide bonds. The summed E-state index contributed by atoms with van der Waals surface area (Å²) in [6.45, 7) is 0.541. The van der Waals surface area contributed by atoms with Gasteiger partial charge in [-0.3, -0.25) is 4.79 Å². The first kappa shape index (κ1) is 18.3. The molecule has 0 unspecified atom stereocenters. The van der Waals surface area contributed by atoms with Crippen molar-refractivity contribution in [2.24, 2.45) is 0 Å². The Kier molecular flexibility index (Phi) is 5.39. The van der Waals surface area contributed by atoms with E-state index in [1.165, 1.54) is 22.7 Å². The number of hydrogen-bond donors (Lipinski definition) is 2. The fourth-order valence-corrected chi connectivity index (χ4v) is 3.53. The molecule has 28 heavy (non-hydrogen) atoms. The maximum absolute atomic E-state index is 12.8. The molecule has 4 aromatic rings. The third-order valence-corrected chi connectivity index (χ3v) is 5.16. The minimum Gasteiger partial charge on any atom is -0.361 e. The van der Waals surface area contributed by atoms with Crippen LogP contribution in [0.3, 0.4) is 0 Å². The van der Waals surface area contributed by atoms with E-state index in [9.17, 15) is 4.79 Å². The fourth-order valence-electron chi connectivity index (χ4n) is 3.19. The number of H-pyrrole nitrogens is 1. The van der Waals surface area contributed by atoms with Crippen molar-refractivity contribution in [3.05, 3.63) is 78.1 Å². The van der Waals surface area contributed by atoms with E-state index in [1.807, 2.05) is 61.0 Å². The van der Waals surface area contributed by atoms with E-state index < -0.39 is 0 Å².